The third kappa shape index (κ3) is 6.14. The zero-order valence-corrected chi connectivity index (χ0v) is 20.2. The molecule has 0 fully saturated rings. The van der Waals surface area contributed by atoms with E-state index in [1.807, 2.05) is 0 Å². The van der Waals surface area contributed by atoms with Crippen LogP contribution >= 0.6 is 15.8 Å². The normalized spacial score (nSPS) is 12.3. The van der Waals surface area contributed by atoms with E-state index in [0.29, 0.717) is 0 Å². The summed E-state index contributed by atoms with van der Waals surface area (Å²) in [6.45, 7) is 0. The van der Waals surface area contributed by atoms with Crippen LogP contribution in [-0.2, 0) is 15.5 Å². The number of benzene rings is 4. The van der Waals surface area contributed by atoms with Gasteiger partial charge in [0.2, 0.25) is 0 Å². The molecule has 0 aliphatic carbocycles. The quantitative estimate of drug-likeness (QED) is 0.205. The van der Waals surface area contributed by atoms with Crippen LogP contribution in [0.25, 0.3) is 0 Å². The van der Waals surface area contributed by atoms with E-state index in [-0.39, 0.29) is 12.6 Å². The minimum atomic E-state index is -0.511. The molecule has 0 radical (unpaired) electrons. The van der Waals surface area contributed by atoms with Crippen LogP contribution in [-0.4, -0.2) is 10.8 Å². The van der Waals surface area contributed by atoms with Crippen molar-refractivity contribution >= 4 is 37.1 Å². The first-order valence-electron chi connectivity index (χ1n) is 10.7. The first kappa shape index (κ1) is 22.4. The van der Waals surface area contributed by atoms with Crippen molar-refractivity contribution in [3.05, 3.63) is 121 Å². The molecule has 4 aromatic carbocycles. The van der Waals surface area contributed by atoms with Gasteiger partial charge in [-0.15, -0.1) is 0 Å². The van der Waals surface area contributed by atoms with Gasteiger partial charge in [0, 0.05) is 0 Å². The number of rotatable bonds is 9. The second-order valence-corrected chi connectivity index (χ2v) is 13.2. The minimum absolute atomic E-state index is 0.281. The second kappa shape index (κ2) is 11.7. The Morgan fingerprint density at radius 2 is 0.871 bits per heavy atom. The van der Waals surface area contributed by atoms with Gasteiger partial charge in [0.15, 0.2) is 0 Å². The molecule has 31 heavy (non-hydrogen) atoms. The molecule has 1 atom stereocenters. The van der Waals surface area contributed by atoms with Gasteiger partial charge < -0.3 is 0 Å². The Bertz CT molecular complexity index is 945. The summed E-state index contributed by atoms with van der Waals surface area (Å²) in [5, 5.41) is 5.71. The van der Waals surface area contributed by atoms with Crippen molar-refractivity contribution in [2.45, 2.75) is 17.5 Å². The Labute approximate surface area is 197 Å². The standard InChI is InChI=1S/C28H27P2.Ni/c1-5-15-25(16-6-1)29(26-17-7-2-8-18-26)23-13-14-24-30(27-19-9-3-10-20-27)28-21-11-4-12-22-28;/h1-12,15-23H,13-14,24H2;. The van der Waals surface area contributed by atoms with Crippen LogP contribution < -0.4 is 21.2 Å². The Hall–Kier alpha value is -1.77. The molecule has 0 spiro atoms. The van der Waals surface area contributed by atoms with Gasteiger partial charge in [0.1, 0.15) is 0 Å². The molecule has 0 amide bonds. The van der Waals surface area contributed by atoms with Crippen molar-refractivity contribution in [3.8, 4) is 0 Å². The van der Waals surface area contributed by atoms with E-state index in [4.69, 9.17) is 15.5 Å². The average Bonchev–Trinajstić information content (AvgIpc) is 2.84. The van der Waals surface area contributed by atoms with Crippen LogP contribution in [0.15, 0.2) is 121 Å². The van der Waals surface area contributed by atoms with Crippen molar-refractivity contribution in [2.24, 2.45) is 0 Å². The Morgan fingerprint density at radius 3 is 1.26 bits per heavy atom. The zero-order valence-electron chi connectivity index (χ0n) is 17.5. The zero-order chi connectivity index (χ0) is 21.3. The van der Waals surface area contributed by atoms with Crippen molar-refractivity contribution in [1.29, 1.82) is 0 Å². The maximum absolute atomic E-state index is 5.78. The van der Waals surface area contributed by atoms with Crippen molar-refractivity contribution in [1.82, 2.24) is 0 Å². The molecule has 0 nitrogen and oxygen atoms in total. The molecule has 1 unspecified atom stereocenters. The molecule has 0 aliphatic heterocycles. The fourth-order valence-electron chi connectivity index (χ4n) is 3.79. The molecule has 0 saturated carbocycles. The molecule has 4 aromatic rings. The molecule has 0 saturated heterocycles. The van der Waals surface area contributed by atoms with Crippen LogP contribution in [0.1, 0.15) is 12.8 Å². The Balaban J connectivity index is 1.50. The van der Waals surface area contributed by atoms with E-state index >= 15 is 0 Å². The van der Waals surface area contributed by atoms with Crippen LogP contribution in [0, 0.1) is 0 Å². The summed E-state index contributed by atoms with van der Waals surface area (Å²) >= 11 is 5.78. The maximum atomic E-state index is 5.78. The summed E-state index contributed by atoms with van der Waals surface area (Å²) < 4.78 is 0.281. The fourth-order valence-corrected chi connectivity index (χ4v) is 9.59. The average molecular weight is 484 g/mol. The Morgan fingerprint density at radius 1 is 0.516 bits per heavy atom. The summed E-state index contributed by atoms with van der Waals surface area (Å²) in [5.74, 6) is 0. The van der Waals surface area contributed by atoms with Crippen molar-refractivity contribution < 1.29 is 15.5 Å². The molecule has 0 heterocycles. The van der Waals surface area contributed by atoms with Crippen molar-refractivity contribution in [3.63, 3.8) is 0 Å². The van der Waals surface area contributed by atoms with E-state index < -0.39 is 7.92 Å². The topological polar surface area (TPSA) is 0 Å². The van der Waals surface area contributed by atoms with Gasteiger partial charge in [0.25, 0.3) is 0 Å². The van der Waals surface area contributed by atoms with E-state index in [9.17, 15) is 0 Å². The monoisotopic (exact) mass is 483 g/mol. The third-order valence-electron chi connectivity index (χ3n) is 5.27. The molecule has 4 rings (SSSR count). The van der Waals surface area contributed by atoms with Gasteiger partial charge in [-0.25, -0.2) is 0 Å². The predicted molar refractivity (Wildman–Crippen MR) is 136 cm³/mol. The summed E-state index contributed by atoms with van der Waals surface area (Å²) in [4.78, 5) is 0. The SMILES string of the molecule is [Ni][CH](CCCP(c1ccccc1)c1ccccc1)P(c1ccccc1)c1ccccc1. The van der Waals surface area contributed by atoms with Gasteiger partial charge in [0.05, 0.1) is 0 Å². The molecular formula is C28H27NiP2. The molecule has 159 valence electrons. The van der Waals surface area contributed by atoms with Crippen LogP contribution in [0.2, 0.25) is 0 Å². The van der Waals surface area contributed by atoms with Crippen LogP contribution in [0.4, 0.5) is 0 Å². The third-order valence-corrected chi connectivity index (χ3v) is 11.4. The summed E-state index contributed by atoms with van der Waals surface area (Å²) in [6, 6.07) is 43.8. The first-order valence-corrected chi connectivity index (χ1v) is 14.2. The van der Waals surface area contributed by atoms with Gasteiger partial charge in [-0.3, -0.25) is 0 Å². The first-order chi connectivity index (χ1) is 15.3. The second-order valence-electron chi connectivity index (χ2n) is 7.40. The van der Waals surface area contributed by atoms with Crippen LogP contribution in [0.3, 0.4) is 0 Å². The van der Waals surface area contributed by atoms with Gasteiger partial charge in [-0.1, -0.05) is 0 Å². The molecule has 0 bridgehead atoms. The summed E-state index contributed by atoms with van der Waals surface area (Å²) in [7, 11) is -0.855. The molecular weight excluding hydrogens is 457 g/mol. The Kier molecular flexibility index (Phi) is 8.49. The molecule has 0 N–H and O–H groups in total. The predicted octanol–water partition coefficient (Wildman–Crippen LogP) is 5.91. The van der Waals surface area contributed by atoms with E-state index in [1.165, 1.54) is 33.8 Å². The van der Waals surface area contributed by atoms with Gasteiger partial charge >= 0.3 is 197 Å². The van der Waals surface area contributed by atoms with E-state index in [2.05, 4.69) is 121 Å². The number of hydrogen-bond donors (Lipinski definition) is 0. The summed E-state index contributed by atoms with van der Waals surface area (Å²) in [6.07, 6.45) is 3.45. The van der Waals surface area contributed by atoms with E-state index in [1.54, 1.807) is 0 Å². The summed E-state index contributed by atoms with van der Waals surface area (Å²) in [5.41, 5.74) is 0. The molecule has 0 aliphatic rings. The fraction of sp³-hybridized carbons (Fsp3) is 0.143. The van der Waals surface area contributed by atoms with Crippen LogP contribution in [0.5, 0.6) is 0 Å². The van der Waals surface area contributed by atoms with Gasteiger partial charge in [-0.05, 0) is 0 Å². The van der Waals surface area contributed by atoms with Crippen molar-refractivity contribution in [2.75, 3.05) is 6.16 Å². The van der Waals surface area contributed by atoms with Gasteiger partial charge in [-0.2, -0.15) is 0 Å². The molecule has 3 heteroatoms. The van der Waals surface area contributed by atoms with E-state index in [0.717, 1.165) is 6.42 Å². The molecule has 0 aromatic heterocycles. The number of hydrogen-bond acceptors (Lipinski definition) is 0.